The van der Waals surface area contributed by atoms with E-state index in [1.54, 1.807) is 0 Å². The fourth-order valence-electron chi connectivity index (χ4n) is 8.53. The van der Waals surface area contributed by atoms with Crippen LogP contribution in [0.2, 0.25) is 0 Å². The van der Waals surface area contributed by atoms with Crippen molar-refractivity contribution >= 4 is 11.9 Å². The van der Waals surface area contributed by atoms with E-state index in [1.165, 1.54) is 148 Å². The van der Waals surface area contributed by atoms with Gasteiger partial charge in [0.05, 0.1) is 25.2 Å². The van der Waals surface area contributed by atoms with Gasteiger partial charge in [0.1, 0.15) is 6.10 Å². The lowest BCUT2D eigenvalue weighted by atomic mass is 10.0. The number of aliphatic hydroxyl groups is 2. The van der Waals surface area contributed by atoms with Crippen molar-refractivity contribution in [1.29, 1.82) is 0 Å². The predicted molar refractivity (Wildman–Crippen MR) is 301 cm³/mol. The van der Waals surface area contributed by atoms with Gasteiger partial charge in [-0.25, -0.2) is 0 Å². The van der Waals surface area contributed by atoms with Gasteiger partial charge in [-0.3, -0.25) is 9.59 Å². The molecule has 69 heavy (non-hydrogen) atoms. The van der Waals surface area contributed by atoms with Crippen LogP contribution in [0.4, 0.5) is 0 Å². The first-order valence-corrected chi connectivity index (χ1v) is 29.3. The number of allylic oxidation sites excluding steroid dienone is 13. The third kappa shape index (κ3) is 51.2. The minimum Gasteiger partial charge on any atom is -0.461 e. The lowest BCUT2D eigenvalue weighted by Gasteiger charge is -2.24. The minimum absolute atomic E-state index is 0.00969. The van der Waals surface area contributed by atoms with Gasteiger partial charge in [0.25, 0.3) is 0 Å². The molecule has 398 valence electrons. The number of unbranched alkanes of at least 4 members (excludes halogenated alkanes) is 29. The first-order valence-electron chi connectivity index (χ1n) is 29.3. The molecule has 0 radical (unpaired) electrons. The third-order valence-corrected chi connectivity index (χ3v) is 13.0. The van der Waals surface area contributed by atoms with Crippen molar-refractivity contribution in [3.05, 3.63) is 85.1 Å². The number of carbonyl (C=O) groups excluding carboxylic acids is 2. The van der Waals surface area contributed by atoms with Crippen LogP contribution in [0.15, 0.2) is 85.1 Å². The van der Waals surface area contributed by atoms with Gasteiger partial charge < -0.3 is 20.3 Å². The van der Waals surface area contributed by atoms with Gasteiger partial charge in [-0.15, -0.1) is 0 Å². The fraction of sp³-hybridized carbons (Fsp3) is 0.746. The number of amides is 1. The molecule has 6 heteroatoms. The van der Waals surface area contributed by atoms with E-state index >= 15 is 0 Å². The molecule has 0 rings (SSSR count). The Morgan fingerprint density at radius 2 is 0.826 bits per heavy atom. The normalized spacial score (nSPS) is 13.8. The molecule has 0 aliphatic carbocycles. The summed E-state index contributed by atoms with van der Waals surface area (Å²) in [5, 5.41) is 23.9. The number of esters is 1. The highest BCUT2D eigenvalue weighted by atomic mass is 16.5. The average Bonchev–Trinajstić information content (AvgIpc) is 3.34. The van der Waals surface area contributed by atoms with Crippen LogP contribution in [0.3, 0.4) is 0 Å². The van der Waals surface area contributed by atoms with Crippen LogP contribution in [-0.2, 0) is 14.3 Å². The maximum atomic E-state index is 13.3. The van der Waals surface area contributed by atoms with Gasteiger partial charge in [0, 0.05) is 12.8 Å². The molecule has 1 amide bonds. The van der Waals surface area contributed by atoms with Crippen LogP contribution < -0.4 is 5.32 Å². The minimum atomic E-state index is -0.820. The maximum Gasteiger partial charge on any atom is 0.306 e. The van der Waals surface area contributed by atoms with Crippen molar-refractivity contribution in [2.75, 3.05) is 6.61 Å². The highest BCUT2D eigenvalue weighted by Gasteiger charge is 2.23. The Morgan fingerprint density at radius 1 is 0.449 bits per heavy atom. The quantitative estimate of drug-likeness (QED) is 0.0244. The molecule has 0 heterocycles. The van der Waals surface area contributed by atoms with Crippen molar-refractivity contribution in [3.63, 3.8) is 0 Å². The van der Waals surface area contributed by atoms with Crippen LogP contribution in [0, 0.1) is 0 Å². The Labute approximate surface area is 427 Å². The fourth-order valence-corrected chi connectivity index (χ4v) is 8.53. The number of rotatable bonds is 52. The standard InChI is InChI=1S/C63H111NO5/c1-4-7-10-13-16-19-22-25-28-30-32-35-38-41-44-47-50-53-56-63(68)69-59(54-51-48-45-42-39-36-33-27-24-21-18-15-12-9-6-3)57-62(67)64-60(58-65)61(66)55-52-49-46-43-40-37-34-31-29-26-23-20-17-14-11-8-5-2/h18,21-22,25,27-28,30,32-33,35,39,42,48,51,59-61,65-66H,4-17,19-20,23-24,26,29,31,34,36-38,40-41,43-47,49-50,52-58H2,1-3H3,(H,64,67)/b21-18-,25-22+,30-28+,33-27-,35-32+,42-39-,51-48-. The summed E-state index contributed by atoms with van der Waals surface area (Å²) < 4.78 is 5.89. The van der Waals surface area contributed by atoms with E-state index in [9.17, 15) is 19.8 Å². The van der Waals surface area contributed by atoms with Gasteiger partial charge in [0.2, 0.25) is 5.91 Å². The smallest absolute Gasteiger partial charge is 0.306 e. The van der Waals surface area contributed by atoms with Crippen molar-refractivity contribution in [2.24, 2.45) is 0 Å². The Balaban J connectivity index is 4.68. The zero-order chi connectivity index (χ0) is 50.2. The van der Waals surface area contributed by atoms with Crippen LogP contribution in [0.5, 0.6) is 0 Å². The lowest BCUT2D eigenvalue weighted by molar-refractivity contribution is -0.150. The number of carbonyl (C=O) groups is 2. The Kier molecular flexibility index (Phi) is 53.6. The Hall–Kier alpha value is -2.96. The van der Waals surface area contributed by atoms with E-state index in [1.807, 2.05) is 6.08 Å². The third-order valence-electron chi connectivity index (χ3n) is 13.0. The second kappa shape index (κ2) is 56.0. The molecular weight excluding hydrogens is 851 g/mol. The summed E-state index contributed by atoms with van der Waals surface area (Å²) in [5.41, 5.74) is 0. The van der Waals surface area contributed by atoms with E-state index < -0.39 is 18.2 Å². The Bertz CT molecular complexity index is 1310. The molecule has 0 aliphatic rings. The number of ether oxygens (including phenoxy) is 1. The monoisotopic (exact) mass is 962 g/mol. The van der Waals surface area contributed by atoms with E-state index in [0.717, 1.165) is 83.5 Å². The topological polar surface area (TPSA) is 95.9 Å². The van der Waals surface area contributed by atoms with E-state index in [-0.39, 0.29) is 24.9 Å². The maximum absolute atomic E-state index is 13.3. The summed E-state index contributed by atoms with van der Waals surface area (Å²) in [7, 11) is 0. The number of hydrogen-bond acceptors (Lipinski definition) is 5. The largest absolute Gasteiger partial charge is 0.461 e. The summed E-state index contributed by atoms with van der Waals surface area (Å²) in [4.78, 5) is 26.2. The number of hydrogen-bond donors (Lipinski definition) is 3. The second-order valence-electron chi connectivity index (χ2n) is 19.8. The zero-order valence-electron chi connectivity index (χ0n) is 45.4. The van der Waals surface area contributed by atoms with Crippen molar-refractivity contribution in [1.82, 2.24) is 5.32 Å². The molecule has 3 atom stereocenters. The summed E-state index contributed by atoms with van der Waals surface area (Å²) in [5.74, 6) is -0.597. The summed E-state index contributed by atoms with van der Waals surface area (Å²) in [6.07, 6.45) is 73.8. The van der Waals surface area contributed by atoms with E-state index in [2.05, 4.69) is 105 Å². The van der Waals surface area contributed by atoms with Crippen LogP contribution >= 0.6 is 0 Å². The molecule has 0 saturated heterocycles. The molecule has 0 aromatic heterocycles. The molecule has 0 saturated carbocycles. The van der Waals surface area contributed by atoms with Gasteiger partial charge >= 0.3 is 5.97 Å². The molecule has 0 spiro atoms. The first-order chi connectivity index (χ1) is 34.0. The molecule has 0 bridgehead atoms. The van der Waals surface area contributed by atoms with Crippen molar-refractivity contribution in [2.45, 2.75) is 296 Å². The molecule has 0 aromatic carbocycles. The molecule has 3 N–H and O–H groups in total. The number of aliphatic hydroxyl groups excluding tert-OH is 2. The van der Waals surface area contributed by atoms with Crippen molar-refractivity contribution < 1.29 is 24.5 Å². The van der Waals surface area contributed by atoms with E-state index in [4.69, 9.17) is 4.74 Å². The Morgan fingerprint density at radius 3 is 1.30 bits per heavy atom. The summed E-state index contributed by atoms with van der Waals surface area (Å²) >= 11 is 0. The zero-order valence-corrected chi connectivity index (χ0v) is 45.4. The molecule has 0 fully saturated rings. The highest BCUT2D eigenvalue weighted by molar-refractivity contribution is 5.77. The highest BCUT2D eigenvalue weighted by Crippen LogP contribution is 2.17. The summed E-state index contributed by atoms with van der Waals surface area (Å²) in [6.45, 7) is 6.43. The molecule has 6 nitrogen and oxygen atoms in total. The second-order valence-corrected chi connectivity index (χ2v) is 19.8. The van der Waals surface area contributed by atoms with Gasteiger partial charge in [-0.1, -0.05) is 273 Å². The van der Waals surface area contributed by atoms with Crippen LogP contribution in [0.25, 0.3) is 0 Å². The lowest BCUT2D eigenvalue weighted by Crippen LogP contribution is -2.46. The molecular formula is C63H111NO5. The van der Waals surface area contributed by atoms with Gasteiger partial charge in [-0.05, 0) is 70.6 Å². The van der Waals surface area contributed by atoms with E-state index in [0.29, 0.717) is 19.3 Å². The summed E-state index contributed by atoms with van der Waals surface area (Å²) in [6, 6.07) is -0.740. The predicted octanol–water partition coefficient (Wildman–Crippen LogP) is 18.3. The molecule has 0 aromatic rings. The molecule has 0 aliphatic heterocycles. The van der Waals surface area contributed by atoms with Gasteiger partial charge in [-0.2, -0.15) is 0 Å². The first kappa shape index (κ1) is 66.0. The number of nitrogens with one attached hydrogen (secondary N) is 1. The van der Waals surface area contributed by atoms with Crippen molar-refractivity contribution in [3.8, 4) is 0 Å². The van der Waals surface area contributed by atoms with Crippen LogP contribution in [-0.4, -0.2) is 46.9 Å². The average molecular weight is 963 g/mol. The SMILES string of the molecule is CCCCC/C=C\C/C=C\C/C=C\C/C=C\CC(CC(=O)NC(CO)C(O)CCCCCCCCCCCCCCCCCCC)OC(=O)CCCCCCC/C=C/C=C/C=C/CCCCCCC. The molecule has 3 unspecified atom stereocenters. The van der Waals surface area contributed by atoms with Gasteiger partial charge in [0.15, 0.2) is 0 Å². The van der Waals surface area contributed by atoms with Crippen LogP contribution in [0.1, 0.15) is 278 Å².